The van der Waals surface area contributed by atoms with Crippen molar-refractivity contribution in [1.82, 2.24) is 9.62 Å². The van der Waals surface area contributed by atoms with Crippen LogP contribution in [0.25, 0.3) is 0 Å². The van der Waals surface area contributed by atoms with Gasteiger partial charge in [0, 0.05) is 25.3 Å². The smallest absolute Gasteiger partial charge is 0.243 e. The number of hydrogen-bond donors (Lipinski definition) is 2. The van der Waals surface area contributed by atoms with Gasteiger partial charge in [-0.25, -0.2) is 16.8 Å². The summed E-state index contributed by atoms with van der Waals surface area (Å²) in [5, 5.41) is 14.0. The molecule has 1 amide bonds. The van der Waals surface area contributed by atoms with Gasteiger partial charge in [0.25, 0.3) is 0 Å². The van der Waals surface area contributed by atoms with E-state index in [2.05, 4.69) is 5.32 Å². The molecule has 0 saturated carbocycles. The van der Waals surface area contributed by atoms with Crippen molar-refractivity contribution in [3.05, 3.63) is 66.2 Å². The molecule has 0 heterocycles. The van der Waals surface area contributed by atoms with Crippen LogP contribution in [0.15, 0.2) is 65.6 Å². The number of sulfonamides is 1. The van der Waals surface area contributed by atoms with E-state index in [4.69, 9.17) is 0 Å². The first kappa shape index (κ1) is 30.0. The predicted octanol–water partition coefficient (Wildman–Crippen LogP) is 2.49. The van der Waals surface area contributed by atoms with Gasteiger partial charge in [-0.15, -0.1) is 0 Å². The molecule has 3 unspecified atom stereocenters. The first-order chi connectivity index (χ1) is 16.8. The van der Waals surface area contributed by atoms with Crippen LogP contribution in [-0.2, 0) is 31.1 Å². The van der Waals surface area contributed by atoms with Gasteiger partial charge in [-0.3, -0.25) is 4.79 Å². The summed E-state index contributed by atoms with van der Waals surface area (Å²) >= 11 is 0. The van der Waals surface area contributed by atoms with E-state index in [1.165, 1.54) is 23.4 Å². The lowest BCUT2D eigenvalue weighted by atomic mass is 10.00. The molecule has 0 aliphatic carbocycles. The van der Waals surface area contributed by atoms with Gasteiger partial charge in [0.15, 0.2) is 0 Å². The Labute approximate surface area is 215 Å². The molecule has 0 aliphatic rings. The summed E-state index contributed by atoms with van der Waals surface area (Å²) in [7, 11) is -7.26. The minimum atomic E-state index is -3.89. The first-order valence-electron chi connectivity index (χ1n) is 12.0. The van der Waals surface area contributed by atoms with Crippen LogP contribution in [0.5, 0.6) is 0 Å². The van der Waals surface area contributed by atoms with Gasteiger partial charge in [0.1, 0.15) is 9.84 Å². The molecule has 0 saturated heterocycles. The molecule has 0 radical (unpaired) electrons. The van der Waals surface area contributed by atoms with Crippen molar-refractivity contribution in [3.8, 4) is 0 Å². The Balaban J connectivity index is 2.31. The molecular formula is C26H38N2O6S2. The van der Waals surface area contributed by atoms with Crippen molar-refractivity contribution >= 4 is 25.8 Å². The SMILES string of the molecule is CC(C)CCN(CC(O)C(Cc1ccccc1)NC(=O)C(C)CS(C)(=O)=O)S(=O)(=O)c1ccccc1. The zero-order chi connectivity index (χ0) is 26.9. The Morgan fingerprint density at radius 3 is 2.03 bits per heavy atom. The number of carbonyl (C=O) groups is 1. The number of aliphatic hydroxyl groups excluding tert-OH is 1. The fourth-order valence-electron chi connectivity index (χ4n) is 3.80. The van der Waals surface area contributed by atoms with Crippen LogP contribution < -0.4 is 5.32 Å². The Kier molecular flexibility index (Phi) is 11.1. The van der Waals surface area contributed by atoms with E-state index >= 15 is 0 Å². The van der Waals surface area contributed by atoms with Gasteiger partial charge in [-0.1, -0.05) is 69.3 Å². The summed E-state index contributed by atoms with van der Waals surface area (Å²) in [6, 6.07) is 16.4. The molecule has 2 rings (SSSR count). The van der Waals surface area contributed by atoms with Crippen molar-refractivity contribution in [2.75, 3.05) is 25.1 Å². The molecule has 2 N–H and O–H groups in total. The molecule has 3 atom stereocenters. The number of carbonyl (C=O) groups excluding carboxylic acids is 1. The maximum absolute atomic E-state index is 13.4. The molecule has 0 aliphatic heterocycles. The van der Waals surface area contributed by atoms with Gasteiger partial charge in [-0.05, 0) is 36.5 Å². The van der Waals surface area contributed by atoms with Gasteiger partial charge in [0.05, 0.1) is 22.8 Å². The second kappa shape index (κ2) is 13.3. The monoisotopic (exact) mass is 538 g/mol. The molecule has 0 aromatic heterocycles. The van der Waals surface area contributed by atoms with Gasteiger partial charge >= 0.3 is 0 Å². The number of rotatable bonds is 14. The highest BCUT2D eigenvalue weighted by atomic mass is 32.2. The lowest BCUT2D eigenvalue weighted by Crippen LogP contribution is -2.52. The van der Waals surface area contributed by atoms with Gasteiger partial charge in [0.2, 0.25) is 15.9 Å². The number of hydrogen-bond acceptors (Lipinski definition) is 6. The van der Waals surface area contributed by atoms with E-state index in [1.807, 2.05) is 44.2 Å². The van der Waals surface area contributed by atoms with E-state index in [0.717, 1.165) is 11.8 Å². The lowest BCUT2D eigenvalue weighted by Gasteiger charge is -2.31. The third-order valence-corrected chi connectivity index (χ3v) is 8.80. The Morgan fingerprint density at radius 1 is 0.944 bits per heavy atom. The third-order valence-electron chi connectivity index (χ3n) is 5.82. The summed E-state index contributed by atoms with van der Waals surface area (Å²) in [4.78, 5) is 13.0. The molecule has 0 spiro atoms. The number of nitrogens with one attached hydrogen (secondary N) is 1. The van der Waals surface area contributed by atoms with Crippen molar-refractivity contribution < 1.29 is 26.7 Å². The number of sulfone groups is 1. The predicted molar refractivity (Wildman–Crippen MR) is 142 cm³/mol. The van der Waals surface area contributed by atoms with Crippen LogP contribution in [0, 0.1) is 11.8 Å². The summed E-state index contributed by atoms with van der Waals surface area (Å²) < 4.78 is 51.4. The highest BCUT2D eigenvalue weighted by Gasteiger charge is 2.31. The maximum Gasteiger partial charge on any atom is 0.243 e. The number of aliphatic hydroxyl groups is 1. The first-order valence-corrected chi connectivity index (χ1v) is 15.5. The van der Waals surface area contributed by atoms with E-state index in [-0.39, 0.29) is 36.1 Å². The summed E-state index contributed by atoms with van der Waals surface area (Å²) in [5.41, 5.74) is 0.845. The van der Waals surface area contributed by atoms with E-state index in [0.29, 0.717) is 6.42 Å². The van der Waals surface area contributed by atoms with Crippen LogP contribution in [0.4, 0.5) is 0 Å². The zero-order valence-electron chi connectivity index (χ0n) is 21.4. The van der Waals surface area contributed by atoms with Crippen LogP contribution in [0.2, 0.25) is 0 Å². The Morgan fingerprint density at radius 2 is 1.50 bits per heavy atom. The average Bonchev–Trinajstić information content (AvgIpc) is 2.81. The average molecular weight is 539 g/mol. The topological polar surface area (TPSA) is 121 Å². The molecule has 2 aromatic carbocycles. The summed E-state index contributed by atoms with van der Waals surface area (Å²) in [6.07, 6.45) is 0.682. The zero-order valence-corrected chi connectivity index (χ0v) is 23.0. The lowest BCUT2D eigenvalue weighted by molar-refractivity contribution is -0.125. The number of benzene rings is 2. The molecule has 10 heteroatoms. The number of amides is 1. The minimum absolute atomic E-state index is 0.131. The number of nitrogens with zero attached hydrogens (tertiary/aromatic N) is 1. The Hall–Kier alpha value is -2.27. The fraction of sp³-hybridized carbons (Fsp3) is 0.500. The molecule has 0 bridgehead atoms. The molecule has 36 heavy (non-hydrogen) atoms. The van der Waals surface area contributed by atoms with Crippen molar-refractivity contribution in [2.45, 2.75) is 50.7 Å². The van der Waals surface area contributed by atoms with Gasteiger partial charge < -0.3 is 10.4 Å². The Bertz CT molecular complexity index is 1170. The second-order valence-corrected chi connectivity index (χ2v) is 13.8. The highest BCUT2D eigenvalue weighted by Crippen LogP contribution is 2.19. The minimum Gasteiger partial charge on any atom is -0.390 e. The molecule has 8 nitrogen and oxygen atoms in total. The van der Waals surface area contributed by atoms with Crippen LogP contribution in [0.1, 0.15) is 32.8 Å². The summed E-state index contributed by atoms with van der Waals surface area (Å²) in [5.74, 6) is -1.42. The van der Waals surface area contributed by atoms with Crippen LogP contribution >= 0.6 is 0 Å². The van der Waals surface area contributed by atoms with E-state index in [1.54, 1.807) is 18.2 Å². The quantitative estimate of drug-likeness (QED) is 0.381. The molecule has 200 valence electrons. The maximum atomic E-state index is 13.4. The summed E-state index contributed by atoms with van der Waals surface area (Å²) in [6.45, 7) is 5.48. The van der Waals surface area contributed by atoms with Crippen molar-refractivity contribution in [2.24, 2.45) is 11.8 Å². The van der Waals surface area contributed by atoms with Crippen LogP contribution in [-0.4, -0.2) is 69.4 Å². The fourth-order valence-corrected chi connectivity index (χ4v) is 6.35. The van der Waals surface area contributed by atoms with Crippen molar-refractivity contribution in [1.29, 1.82) is 0 Å². The normalized spacial score (nSPS) is 15.0. The van der Waals surface area contributed by atoms with Crippen molar-refractivity contribution in [3.63, 3.8) is 0 Å². The molecule has 0 fully saturated rings. The molecular weight excluding hydrogens is 500 g/mol. The standard InChI is InChI=1S/C26H38N2O6S2/c1-20(2)15-16-28(36(33,34)23-13-9-6-10-14-23)18-25(29)24(17-22-11-7-5-8-12-22)27-26(30)21(3)19-35(4,31)32/h5-14,20-21,24-25,29H,15-19H2,1-4H3,(H,27,30). The van der Waals surface area contributed by atoms with E-state index in [9.17, 15) is 26.7 Å². The van der Waals surface area contributed by atoms with Gasteiger partial charge in [-0.2, -0.15) is 4.31 Å². The largest absolute Gasteiger partial charge is 0.390 e. The van der Waals surface area contributed by atoms with E-state index < -0.39 is 43.8 Å². The highest BCUT2D eigenvalue weighted by molar-refractivity contribution is 7.90. The third kappa shape index (κ3) is 9.65. The molecule has 2 aromatic rings. The second-order valence-electron chi connectivity index (χ2n) is 9.72. The van der Waals surface area contributed by atoms with Crippen LogP contribution in [0.3, 0.4) is 0 Å².